The minimum atomic E-state index is -0.276. The van der Waals surface area contributed by atoms with E-state index < -0.39 is 0 Å². The van der Waals surface area contributed by atoms with Crippen molar-refractivity contribution in [1.29, 1.82) is 0 Å². The van der Waals surface area contributed by atoms with E-state index in [1.165, 1.54) is 18.2 Å². The van der Waals surface area contributed by atoms with E-state index in [-0.39, 0.29) is 17.9 Å². The van der Waals surface area contributed by atoms with Crippen molar-refractivity contribution in [3.63, 3.8) is 0 Å². The first-order valence-electron chi connectivity index (χ1n) is 7.79. The van der Waals surface area contributed by atoms with E-state index >= 15 is 0 Å². The van der Waals surface area contributed by atoms with Gasteiger partial charge >= 0.3 is 0 Å². The summed E-state index contributed by atoms with van der Waals surface area (Å²) in [5.74, 6) is -0.538. The zero-order chi connectivity index (χ0) is 16.5. The van der Waals surface area contributed by atoms with Crippen LogP contribution in [0.2, 0.25) is 0 Å². The van der Waals surface area contributed by atoms with Gasteiger partial charge in [-0.05, 0) is 42.5 Å². The third-order valence-electron chi connectivity index (χ3n) is 4.18. The monoisotopic (exact) mass is 326 g/mol. The molecule has 0 aliphatic carbocycles. The average Bonchev–Trinajstić information content (AvgIpc) is 3.25. The van der Waals surface area contributed by atoms with Gasteiger partial charge in [-0.1, -0.05) is 12.1 Å². The Labute approximate surface area is 138 Å². The van der Waals surface area contributed by atoms with Crippen LogP contribution in [0.25, 0.3) is 5.69 Å². The van der Waals surface area contributed by atoms with Crippen molar-refractivity contribution in [2.75, 3.05) is 18.1 Å². The molecule has 1 aromatic heterocycles. The van der Waals surface area contributed by atoms with Crippen LogP contribution in [0.3, 0.4) is 0 Å². The molecule has 5 heteroatoms. The van der Waals surface area contributed by atoms with E-state index in [4.69, 9.17) is 4.74 Å². The van der Waals surface area contributed by atoms with Crippen molar-refractivity contribution >= 4 is 5.69 Å². The van der Waals surface area contributed by atoms with Crippen LogP contribution >= 0.6 is 0 Å². The fourth-order valence-corrected chi connectivity index (χ4v) is 3.01. The van der Waals surface area contributed by atoms with E-state index in [1.807, 2.05) is 18.5 Å². The highest BCUT2D eigenvalue weighted by molar-refractivity contribution is 5.49. The highest BCUT2D eigenvalue weighted by Crippen LogP contribution is 2.32. The molecular weight excluding hydrogens is 310 g/mol. The van der Waals surface area contributed by atoms with E-state index in [1.54, 1.807) is 34.9 Å². The van der Waals surface area contributed by atoms with Crippen molar-refractivity contribution in [1.82, 2.24) is 4.57 Å². The zero-order valence-electron chi connectivity index (χ0n) is 12.9. The van der Waals surface area contributed by atoms with Crippen LogP contribution in [-0.4, -0.2) is 17.7 Å². The van der Waals surface area contributed by atoms with Crippen molar-refractivity contribution in [2.45, 2.75) is 6.23 Å². The summed E-state index contributed by atoms with van der Waals surface area (Å²) in [5, 5.41) is 0. The standard InChI is InChI=1S/C19H16F2N2O/c20-15-5-7-16(8-6-15)23-11-12-24-19(23)14-9-10-22(13-14)18-4-2-1-3-17(18)21/h1-10,13,19H,11-12H2. The first-order chi connectivity index (χ1) is 11.7. The van der Waals surface area contributed by atoms with Crippen molar-refractivity contribution in [3.05, 3.63) is 84.2 Å². The minimum absolute atomic E-state index is 0.261. The number of halogens is 2. The van der Waals surface area contributed by atoms with E-state index in [9.17, 15) is 8.78 Å². The van der Waals surface area contributed by atoms with Gasteiger partial charge in [0, 0.05) is 30.2 Å². The van der Waals surface area contributed by atoms with Crippen molar-refractivity contribution in [2.24, 2.45) is 0 Å². The Morgan fingerprint density at radius 1 is 0.958 bits per heavy atom. The summed E-state index contributed by atoms with van der Waals surface area (Å²) in [6, 6.07) is 14.9. The quantitative estimate of drug-likeness (QED) is 0.714. The molecule has 1 atom stereocenters. The van der Waals surface area contributed by atoms with Crippen LogP contribution in [-0.2, 0) is 4.74 Å². The lowest BCUT2D eigenvalue weighted by molar-refractivity contribution is 0.114. The van der Waals surface area contributed by atoms with E-state index in [2.05, 4.69) is 4.90 Å². The van der Waals surface area contributed by atoms with Crippen molar-refractivity contribution in [3.8, 4) is 5.69 Å². The molecule has 1 unspecified atom stereocenters. The topological polar surface area (TPSA) is 17.4 Å². The molecule has 0 saturated carbocycles. The molecule has 1 fully saturated rings. The summed E-state index contributed by atoms with van der Waals surface area (Å²) in [7, 11) is 0. The Hall–Kier alpha value is -2.66. The highest BCUT2D eigenvalue weighted by Gasteiger charge is 2.28. The summed E-state index contributed by atoms with van der Waals surface area (Å²) in [4.78, 5) is 2.07. The van der Waals surface area contributed by atoms with Gasteiger partial charge in [0.1, 0.15) is 11.6 Å². The fourth-order valence-electron chi connectivity index (χ4n) is 3.01. The Kier molecular flexibility index (Phi) is 3.78. The molecule has 2 heterocycles. The summed E-state index contributed by atoms with van der Waals surface area (Å²) in [6.45, 7) is 1.31. The van der Waals surface area contributed by atoms with Crippen LogP contribution in [0.1, 0.15) is 11.8 Å². The Morgan fingerprint density at radius 2 is 1.75 bits per heavy atom. The van der Waals surface area contributed by atoms with Gasteiger partial charge in [0.05, 0.1) is 12.3 Å². The number of anilines is 1. The fraction of sp³-hybridized carbons (Fsp3) is 0.158. The smallest absolute Gasteiger partial charge is 0.158 e. The van der Waals surface area contributed by atoms with Gasteiger partial charge in [0.15, 0.2) is 6.23 Å². The van der Waals surface area contributed by atoms with Gasteiger partial charge in [-0.3, -0.25) is 0 Å². The largest absolute Gasteiger partial charge is 0.352 e. The maximum atomic E-state index is 13.9. The zero-order valence-corrected chi connectivity index (χ0v) is 12.9. The predicted octanol–water partition coefficient (Wildman–Crippen LogP) is 4.29. The molecule has 0 radical (unpaired) electrons. The van der Waals surface area contributed by atoms with Gasteiger partial charge in [-0.2, -0.15) is 0 Å². The lowest BCUT2D eigenvalue weighted by Crippen LogP contribution is -2.22. The number of para-hydroxylation sites is 1. The molecule has 2 aromatic carbocycles. The van der Waals surface area contributed by atoms with Gasteiger partial charge in [0.2, 0.25) is 0 Å². The highest BCUT2D eigenvalue weighted by atomic mass is 19.1. The Balaban J connectivity index is 1.64. The van der Waals surface area contributed by atoms with Crippen molar-refractivity contribution < 1.29 is 13.5 Å². The average molecular weight is 326 g/mol. The summed E-state index contributed by atoms with van der Waals surface area (Å²) in [6.07, 6.45) is 3.42. The lowest BCUT2D eigenvalue weighted by Gasteiger charge is -2.24. The molecular formula is C19H16F2N2O. The third kappa shape index (κ3) is 2.67. The Bertz CT molecular complexity index is 845. The molecule has 1 aliphatic rings. The number of ether oxygens (including phenoxy) is 1. The number of hydrogen-bond acceptors (Lipinski definition) is 2. The summed E-state index contributed by atoms with van der Waals surface area (Å²) < 4.78 is 34.7. The summed E-state index contributed by atoms with van der Waals surface area (Å²) in [5.41, 5.74) is 2.33. The number of rotatable bonds is 3. The SMILES string of the molecule is Fc1ccc(N2CCOC2c2ccn(-c3ccccc3F)c2)cc1. The first kappa shape index (κ1) is 14.9. The molecule has 0 bridgehead atoms. The number of aromatic nitrogens is 1. The molecule has 0 N–H and O–H groups in total. The molecule has 24 heavy (non-hydrogen) atoms. The molecule has 0 spiro atoms. The van der Waals surface area contributed by atoms with Crippen LogP contribution in [0, 0.1) is 11.6 Å². The maximum absolute atomic E-state index is 13.9. The second kappa shape index (κ2) is 6.09. The van der Waals surface area contributed by atoms with E-state index in [0.29, 0.717) is 12.3 Å². The molecule has 122 valence electrons. The Morgan fingerprint density at radius 3 is 2.54 bits per heavy atom. The molecule has 4 rings (SSSR count). The second-order valence-electron chi connectivity index (χ2n) is 5.70. The maximum Gasteiger partial charge on any atom is 0.158 e. The number of benzene rings is 2. The summed E-state index contributed by atoms with van der Waals surface area (Å²) >= 11 is 0. The number of nitrogens with zero attached hydrogens (tertiary/aromatic N) is 2. The van der Waals surface area contributed by atoms with Gasteiger partial charge in [-0.15, -0.1) is 0 Å². The van der Waals surface area contributed by atoms with Crippen LogP contribution in [0.5, 0.6) is 0 Å². The molecule has 3 nitrogen and oxygen atoms in total. The van der Waals surface area contributed by atoms with Crippen LogP contribution in [0.15, 0.2) is 67.0 Å². The van der Waals surface area contributed by atoms with Gasteiger partial charge in [0.25, 0.3) is 0 Å². The second-order valence-corrected chi connectivity index (χ2v) is 5.70. The third-order valence-corrected chi connectivity index (χ3v) is 4.18. The predicted molar refractivity (Wildman–Crippen MR) is 88.2 cm³/mol. The minimum Gasteiger partial charge on any atom is -0.352 e. The van der Waals surface area contributed by atoms with Gasteiger partial charge in [-0.25, -0.2) is 8.78 Å². The van der Waals surface area contributed by atoms with Crippen LogP contribution in [0.4, 0.5) is 14.5 Å². The van der Waals surface area contributed by atoms with Crippen LogP contribution < -0.4 is 4.90 Å². The first-order valence-corrected chi connectivity index (χ1v) is 7.79. The lowest BCUT2D eigenvalue weighted by atomic mass is 10.2. The van der Waals surface area contributed by atoms with E-state index in [0.717, 1.165) is 17.8 Å². The van der Waals surface area contributed by atoms with Gasteiger partial charge < -0.3 is 14.2 Å². The molecule has 1 aliphatic heterocycles. The number of hydrogen-bond donors (Lipinski definition) is 0. The molecule has 1 saturated heterocycles. The normalized spacial score (nSPS) is 17.4. The molecule has 0 amide bonds. The molecule has 3 aromatic rings.